The number of carboxylic acids is 1. The number of aliphatic carboxylic acids is 1. The number of nitrogens with one attached hydrogen (secondary N) is 1. The summed E-state index contributed by atoms with van der Waals surface area (Å²) >= 11 is 0. The van der Waals surface area contributed by atoms with Crippen molar-refractivity contribution in [3.05, 3.63) is 12.2 Å². The summed E-state index contributed by atoms with van der Waals surface area (Å²) in [5.74, 6) is -1.65. The Morgan fingerprint density at radius 3 is 2.42 bits per heavy atom. The lowest BCUT2D eigenvalue weighted by molar-refractivity contribution is -0.148. The fourth-order valence-corrected chi connectivity index (χ4v) is 3.54. The predicted octanol–water partition coefficient (Wildman–Crippen LogP) is 2.20. The standard InChI is InChI=1S/C15H23NO3/c1-3-5-11(4-2)16-14(17)12-9-6-7-10(8-9)13(12)15(18)19/h6-7,9-13H,3-5,8H2,1-2H3,(H,16,17)(H,18,19). The van der Waals surface area contributed by atoms with Crippen LogP contribution in [0.2, 0.25) is 0 Å². The van der Waals surface area contributed by atoms with Gasteiger partial charge in [-0.1, -0.05) is 32.4 Å². The Kier molecular flexibility index (Phi) is 4.27. The van der Waals surface area contributed by atoms with E-state index in [0.717, 1.165) is 25.7 Å². The lowest BCUT2D eigenvalue weighted by Gasteiger charge is -2.26. The van der Waals surface area contributed by atoms with Crippen molar-refractivity contribution < 1.29 is 14.7 Å². The smallest absolute Gasteiger partial charge is 0.307 e. The van der Waals surface area contributed by atoms with Gasteiger partial charge < -0.3 is 10.4 Å². The Morgan fingerprint density at radius 1 is 1.26 bits per heavy atom. The van der Waals surface area contributed by atoms with Crippen LogP contribution in [0.4, 0.5) is 0 Å². The highest BCUT2D eigenvalue weighted by Gasteiger charge is 2.51. The molecule has 0 aromatic carbocycles. The van der Waals surface area contributed by atoms with E-state index in [1.54, 1.807) is 0 Å². The number of rotatable bonds is 6. The molecular formula is C15H23NO3. The fourth-order valence-electron chi connectivity index (χ4n) is 3.54. The molecule has 4 nitrogen and oxygen atoms in total. The number of carboxylic acid groups (broad SMARTS) is 1. The van der Waals surface area contributed by atoms with E-state index in [1.165, 1.54) is 0 Å². The second kappa shape index (κ2) is 5.76. The van der Waals surface area contributed by atoms with Crippen molar-refractivity contribution >= 4 is 11.9 Å². The van der Waals surface area contributed by atoms with Gasteiger partial charge in [-0.2, -0.15) is 0 Å². The maximum Gasteiger partial charge on any atom is 0.307 e. The summed E-state index contributed by atoms with van der Waals surface area (Å²) in [5, 5.41) is 12.4. The minimum atomic E-state index is -0.833. The molecule has 4 heteroatoms. The van der Waals surface area contributed by atoms with Gasteiger partial charge in [0.1, 0.15) is 0 Å². The molecule has 0 spiro atoms. The third-order valence-corrected chi connectivity index (χ3v) is 4.52. The second-order valence-corrected chi connectivity index (χ2v) is 5.74. The molecule has 2 N–H and O–H groups in total. The van der Waals surface area contributed by atoms with Crippen LogP contribution in [-0.2, 0) is 9.59 Å². The van der Waals surface area contributed by atoms with E-state index in [9.17, 15) is 14.7 Å². The Morgan fingerprint density at radius 2 is 1.89 bits per heavy atom. The van der Waals surface area contributed by atoms with Crippen LogP contribution in [0.5, 0.6) is 0 Å². The Balaban J connectivity index is 2.05. The van der Waals surface area contributed by atoms with Crippen molar-refractivity contribution in [1.82, 2.24) is 5.32 Å². The highest BCUT2D eigenvalue weighted by atomic mass is 16.4. The number of hydrogen-bond acceptors (Lipinski definition) is 2. The summed E-state index contributed by atoms with van der Waals surface area (Å²) < 4.78 is 0. The highest BCUT2D eigenvalue weighted by molar-refractivity contribution is 5.87. The van der Waals surface area contributed by atoms with Crippen LogP contribution in [0, 0.1) is 23.7 Å². The summed E-state index contributed by atoms with van der Waals surface area (Å²) in [4.78, 5) is 23.8. The lowest BCUT2D eigenvalue weighted by Crippen LogP contribution is -2.44. The number of allylic oxidation sites excluding steroid dienone is 2. The molecule has 2 aliphatic rings. The number of carbonyl (C=O) groups excluding carboxylic acids is 1. The summed E-state index contributed by atoms with van der Waals surface area (Å²) in [6, 6.07) is 0.176. The van der Waals surface area contributed by atoms with Gasteiger partial charge >= 0.3 is 5.97 Å². The third kappa shape index (κ3) is 2.67. The largest absolute Gasteiger partial charge is 0.481 e. The number of amides is 1. The van der Waals surface area contributed by atoms with Gasteiger partial charge in [0, 0.05) is 6.04 Å². The monoisotopic (exact) mass is 265 g/mol. The maximum atomic E-state index is 12.4. The van der Waals surface area contributed by atoms with Crippen LogP contribution in [0.15, 0.2) is 12.2 Å². The molecule has 2 bridgehead atoms. The molecule has 5 atom stereocenters. The topological polar surface area (TPSA) is 66.4 Å². The quantitative estimate of drug-likeness (QED) is 0.724. The molecule has 1 saturated carbocycles. The summed E-state index contributed by atoms with van der Waals surface area (Å²) in [6.45, 7) is 4.14. The zero-order valence-electron chi connectivity index (χ0n) is 11.6. The molecule has 2 rings (SSSR count). The molecule has 1 amide bonds. The fraction of sp³-hybridized carbons (Fsp3) is 0.733. The van der Waals surface area contributed by atoms with Crippen molar-refractivity contribution in [3.63, 3.8) is 0 Å². The SMILES string of the molecule is CCCC(CC)NC(=O)C1C2C=CC(C2)C1C(=O)O. The van der Waals surface area contributed by atoms with Crippen molar-refractivity contribution in [1.29, 1.82) is 0 Å². The average Bonchev–Trinajstić information content (AvgIpc) is 2.97. The van der Waals surface area contributed by atoms with Crippen molar-refractivity contribution in [3.8, 4) is 0 Å². The molecule has 0 heterocycles. The average molecular weight is 265 g/mol. The number of carbonyl (C=O) groups is 2. The van der Waals surface area contributed by atoms with E-state index < -0.39 is 11.9 Å². The molecule has 0 saturated heterocycles. The molecule has 106 valence electrons. The van der Waals surface area contributed by atoms with E-state index in [0.29, 0.717) is 0 Å². The number of fused-ring (bicyclic) bond motifs is 2. The molecule has 5 unspecified atom stereocenters. The summed E-state index contributed by atoms with van der Waals surface area (Å²) in [5.41, 5.74) is 0. The zero-order chi connectivity index (χ0) is 14.0. The van der Waals surface area contributed by atoms with Crippen molar-refractivity contribution in [2.75, 3.05) is 0 Å². The van der Waals surface area contributed by atoms with Crippen LogP contribution in [-0.4, -0.2) is 23.0 Å². The summed E-state index contributed by atoms with van der Waals surface area (Å²) in [6.07, 6.45) is 7.69. The van der Waals surface area contributed by atoms with Gasteiger partial charge in [-0.15, -0.1) is 0 Å². The first-order valence-corrected chi connectivity index (χ1v) is 7.30. The second-order valence-electron chi connectivity index (χ2n) is 5.74. The molecular weight excluding hydrogens is 242 g/mol. The van der Waals surface area contributed by atoms with Crippen LogP contribution < -0.4 is 5.32 Å². The summed E-state index contributed by atoms with van der Waals surface area (Å²) in [7, 11) is 0. The Labute approximate surface area is 114 Å². The van der Waals surface area contributed by atoms with Crippen molar-refractivity contribution in [2.45, 2.75) is 45.6 Å². The molecule has 0 aromatic rings. The first-order chi connectivity index (χ1) is 9.08. The maximum absolute atomic E-state index is 12.4. The van der Waals surface area contributed by atoms with E-state index in [2.05, 4.69) is 19.2 Å². The molecule has 0 aliphatic heterocycles. The van der Waals surface area contributed by atoms with Gasteiger partial charge in [0.05, 0.1) is 11.8 Å². The molecule has 0 aromatic heterocycles. The van der Waals surface area contributed by atoms with Crippen LogP contribution in [0.3, 0.4) is 0 Å². The normalized spacial score (nSPS) is 33.4. The van der Waals surface area contributed by atoms with Crippen LogP contribution in [0.1, 0.15) is 39.5 Å². The van der Waals surface area contributed by atoms with Gasteiger partial charge in [0.25, 0.3) is 0 Å². The van der Waals surface area contributed by atoms with Gasteiger partial charge in [-0.05, 0) is 31.1 Å². The molecule has 2 aliphatic carbocycles. The highest BCUT2D eigenvalue weighted by Crippen LogP contribution is 2.48. The molecule has 19 heavy (non-hydrogen) atoms. The van der Waals surface area contributed by atoms with E-state index in [1.807, 2.05) is 12.2 Å². The van der Waals surface area contributed by atoms with Gasteiger partial charge in [0.2, 0.25) is 5.91 Å². The third-order valence-electron chi connectivity index (χ3n) is 4.52. The molecule has 1 fully saturated rings. The van der Waals surface area contributed by atoms with Gasteiger partial charge in [-0.25, -0.2) is 0 Å². The Hall–Kier alpha value is -1.32. The van der Waals surface area contributed by atoms with Gasteiger partial charge in [-0.3, -0.25) is 9.59 Å². The predicted molar refractivity (Wildman–Crippen MR) is 72.5 cm³/mol. The van der Waals surface area contributed by atoms with E-state index >= 15 is 0 Å². The van der Waals surface area contributed by atoms with E-state index in [-0.39, 0.29) is 29.7 Å². The minimum absolute atomic E-state index is 0.0458. The lowest BCUT2D eigenvalue weighted by atomic mass is 9.82. The van der Waals surface area contributed by atoms with Gasteiger partial charge in [0.15, 0.2) is 0 Å². The van der Waals surface area contributed by atoms with E-state index in [4.69, 9.17) is 0 Å². The number of hydrogen-bond donors (Lipinski definition) is 2. The first-order valence-electron chi connectivity index (χ1n) is 7.30. The van der Waals surface area contributed by atoms with Crippen molar-refractivity contribution in [2.24, 2.45) is 23.7 Å². The Bertz CT molecular complexity index is 391. The molecule has 0 radical (unpaired) electrons. The zero-order valence-corrected chi connectivity index (χ0v) is 11.6. The minimum Gasteiger partial charge on any atom is -0.481 e. The van der Waals surface area contributed by atoms with Crippen LogP contribution >= 0.6 is 0 Å². The first kappa shape index (κ1) is 14.1. The van der Waals surface area contributed by atoms with Crippen LogP contribution in [0.25, 0.3) is 0 Å².